The molecule has 4 heteroatoms. The van der Waals surface area contributed by atoms with E-state index in [2.05, 4.69) is 0 Å². The van der Waals surface area contributed by atoms with Crippen molar-refractivity contribution in [2.24, 2.45) is 0 Å². The summed E-state index contributed by atoms with van der Waals surface area (Å²) in [6.45, 7) is 3.32. The summed E-state index contributed by atoms with van der Waals surface area (Å²) >= 11 is 0. The summed E-state index contributed by atoms with van der Waals surface area (Å²) in [5, 5.41) is 10.1. The predicted molar refractivity (Wildman–Crippen MR) is 79.3 cm³/mol. The van der Waals surface area contributed by atoms with E-state index in [1.54, 1.807) is 62.4 Å². The zero-order valence-corrected chi connectivity index (χ0v) is 11.8. The van der Waals surface area contributed by atoms with Crippen molar-refractivity contribution in [1.82, 2.24) is 0 Å². The number of benzene rings is 2. The maximum Gasteiger partial charge on any atom is 0.266 e. The number of amides is 2. The van der Waals surface area contributed by atoms with Gasteiger partial charge >= 0.3 is 0 Å². The third-order valence-electron chi connectivity index (χ3n) is 3.60. The van der Waals surface area contributed by atoms with Gasteiger partial charge in [0.05, 0.1) is 22.4 Å². The van der Waals surface area contributed by atoms with E-state index in [9.17, 15) is 14.7 Å². The zero-order chi connectivity index (χ0) is 15.2. The van der Waals surface area contributed by atoms with E-state index in [1.165, 1.54) is 0 Å². The van der Waals surface area contributed by atoms with Crippen molar-refractivity contribution in [3.05, 3.63) is 65.2 Å². The fourth-order valence-corrected chi connectivity index (χ4v) is 2.45. The molecule has 106 valence electrons. The van der Waals surface area contributed by atoms with Crippen LogP contribution in [-0.2, 0) is 5.60 Å². The van der Waals surface area contributed by atoms with Crippen LogP contribution >= 0.6 is 0 Å². The Kier molecular flexibility index (Phi) is 2.92. The summed E-state index contributed by atoms with van der Waals surface area (Å²) in [6.07, 6.45) is 0. The van der Waals surface area contributed by atoms with Gasteiger partial charge in [0.2, 0.25) is 0 Å². The van der Waals surface area contributed by atoms with Gasteiger partial charge < -0.3 is 5.11 Å². The highest BCUT2D eigenvalue weighted by Gasteiger charge is 2.36. The molecule has 0 bridgehead atoms. The van der Waals surface area contributed by atoms with Crippen molar-refractivity contribution in [3.8, 4) is 0 Å². The molecule has 0 saturated heterocycles. The molecule has 4 nitrogen and oxygen atoms in total. The summed E-state index contributed by atoms with van der Waals surface area (Å²) in [7, 11) is 0. The van der Waals surface area contributed by atoms with Gasteiger partial charge in [-0.25, -0.2) is 4.90 Å². The third kappa shape index (κ3) is 2.14. The van der Waals surface area contributed by atoms with Crippen LogP contribution in [0.4, 0.5) is 5.69 Å². The molecule has 0 aliphatic carbocycles. The number of aliphatic hydroxyl groups is 1. The molecule has 3 rings (SSSR count). The van der Waals surface area contributed by atoms with Gasteiger partial charge in [-0.2, -0.15) is 0 Å². The third-order valence-corrected chi connectivity index (χ3v) is 3.60. The van der Waals surface area contributed by atoms with E-state index >= 15 is 0 Å². The van der Waals surface area contributed by atoms with E-state index in [4.69, 9.17) is 0 Å². The lowest BCUT2D eigenvalue weighted by atomic mass is 9.98. The fraction of sp³-hybridized carbons (Fsp3) is 0.176. The Labute approximate surface area is 122 Å². The van der Waals surface area contributed by atoms with Gasteiger partial charge in [0, 0.05) is 0 Å². The normalized spacial score (nSPS) is 14.5. The van der Waals surface area contributed by atoms with E-state index < -0.39 is 5.60 Å². The van der Waals surface area contributed by atoms with Crippen molar-refractivity contribution in [2.45, 2.75) is 19.4 Å². The smallest absolute Gasteiger partial charge is 0.266 e. The van der Waals surface area contributed by atoms with Gasteiger partial charge in [-0.15, -0.1) is 0 Å². The molecule has 0 unspecified atom stereocenters. The van der Waals surface area contributed by atoms with Crippen LogP contribution < -0.4 is 4.90 Å². The topological polar surface area (TPSA) is 57.6 Å². The Morgan fingerprint density at radius 1 is 0.905 bits per heavy atom. The Balaban J connectivity index is 2.08. The van der Waals surface area contributed by atoms with Crippen LogP contribution in [0, 0.1) is 0 Å². The predicted octanol–water partition coefficient (Wildman–Crippen LogP) is 2.71. The Morgan fingerprint density at radius 3 is 2.00 bits per heavy atom. The van der Waals surface area contributed by atoms with Gasteiger partial charge in [-0.1, -0.05) is 24.3 Å². The summed E-state index contributed by atoms with van der Waals surface area (Å²) in [6, 6.07) is 13.6. The lowest BCUT2D eigenvalue weighted by molar-refractivity contribution is 0.0783. The summed E-state index contributed by atoms with van der Waals surface area (Å²) in [4.78, 5) is 26.0. The quantitative estimate of drug-likeness (QED) is 0.861. The molecule has 2 amide bonds. The molecule has 1 aliphatic heterocycles. The first-order valence-electron chi connectivity index (χ1n) is 6.70. The minimum atomic E-state index is -1.03. The molecular weight excluding hydrogens is 266 g/mol. The first-order chi connectivity index (χ1) is 9.89. The van der Waals surface area contributed by atoms with Crippen molar-refractivity contribution in [1.29, 1.82) is 0 Å². The summed E-state index contributed by atoms with van der Waals surface area (Å²) in [5.41, 5.74) is 0.916. The monoisotopic (exact) mass is 281 g/mol. The first kappa shape index (κ1) is 13.5. The lowest BCUT2D eigenvalue weighted by Crippen LogP contribution is -2.29. The summed E-state index contributed by atoms with van der Waals surface area (Å²) < 4.78 is 0. The molecule has 0 atom stereocenters. The van der Waals surface area contributed by atoms with Crippen molar-refractivity contribution in [3.63, 3.8) is 0 Å². The zero-order valence-electron chi connectivity index (χ0n) is 11.8. The van der Waals surface area contributed by atoms with Crippen LogP contribution in [-0.4, -0.2) is 16.9 Å². The highest BCUT2D eigenvalue weighted by atomic mass is 16.3. The van der Waals surface area contributed by atoms with Crippen LogP contribution in [0.15, 0.2) is 48.5 Å². The van der Waals surface area contributed by atoms with Crippen LogP contribution in [0.3, 0.4) is 0 Å². The van der Waals surface area contributed by atoms with Gasteiger partial charge in [0.1, 0.15) is 0 Å². The Bertz CT molecular complexity index is 709. The van der Waals surface area contributed by atoms with Crippen LogP contribution in [0.1, 0.15) is 40.1 Å². The number of carbonyl (C=O) groups excluding carboxylic acids is 2. The fourth-order valence-electron chi connectivity index (χ4n) is 2.45. The number of hydrogen-bond acceptors (Lipinski definition) is 3. The van der Waals surface area contributed by atoms with Crippen LogP contribution in [0.2, 0.25) is 0 Å². The number of imide groups is 1. The summed E-state index contributed by atoms with van der Waals surface area (Å²) in [5.74, 6) is -0.660. The number of anilines is 1. The highest BCUT2D eigenvalue weighted by Crippen LogP contribution is 2.30. The molecule has 0 radical (unpaired) electrons. The van der Waals surface area contributed by atoms with E-state index in [-0.39, 0.29) is 11.8 Å². The first-order valence-corrected chi connectivity index (χ1v) is 6.70. The van der Waals surface area contributed by atoms with Crippen LogP contribution in [0.5, 0.6) is 0 Å². The molecule has 0 saturated carbocycles. The largest absolute Gasteiger partial charge is 0.386 e. The number of nitrogens with zero attached hydrogens (tertiary/aromatic N) is 1. The van der Waals surface area contributed by atoms with E-state index in [1.807, 2.05) is 0 Å². The second-order valence-electron chi connectivity index (χ2n) is 5.60. The minimum absolute atomic E-state index is 0.330. The maximum absolute atomic E-state index is 12.4. The standard InChI is InChI=1S/C17H15NO3/c1-17(2,21)11-6-5-7-12(10-11)18-15(19)13-8-3-4-9-14(13)16(18)20/h3-10,21H,1-2H3. The van der Waals surface area contributed by atoms with Gasteiger partial charge in [-0.3, -0.25) is 9.59 Å². The molecule has 1 aliphatic rings. The number of fused-ring (bicyclic) bond motifs is 1. The molecule has 0 fully saturated rings. The second-order valence-corrected chi connectivity index (χ2v) is 5.60. The van der Waals surface area contributed by atoms with Crippen molar-refractivity contribution >= 4 is 17.5 Å². The number of rotatable bonds is 2. The Hall–Kier alpha value is -2.46. The maximum atomic E-state index is 12.4. The van der Waals surface area contributed by atoms with Gasteiger partial charge in [0.15, 0.2) is 0 Å². The molecule has 2 aromatic rings. The molecule has 0 aromatic heterocycles. The highest BCUT2D eigenvalue weighted by molar-refractivity contribution is 6.34. The molecule has 2 aromatic carbocycles. The molecule has 21 heavy (non-hydrogen) atoms. The van der Waals surface area contributed by atoms with Crippen LogP contribution in [0.25, 0.3) is 0 Å². The lowest BCUT2D eigenvalue weighted by Gasteiger charge is -2.21. The van der Waals surface area contributed by atoms with E-state index in [0.717, 1.165) is 4.90 Å². The second kappa shape index (κ2) is 4.53. The minimum Gasteiger partial charge on any atom is -0.386 e. The number of hydrogen-bond donors (Lipinski definition) is 1. The molecule has 1 heterocycles. The molecule has 1 N–H and O–H groups in total. The van der Waals surface area contributed by atoms with Gasteiger partial charge in [-0.05, 0) is 43.7 Å². The van der Waals surface area contributed by atoms with E-state index in [0.29, 0.717) is 22.4 Å². The van der Waals surface area contributed by atoms with Crippen molar-refractivity contribution < 1.29 is 14.7 Å². The molecular formula is C17H15NO3. The molecule has 0 spiro atoms. The van der Waals surface area contributed by atoms with Crippen molar-refractivity contribution in [2.75, 3.05) is 4.90 Å². The number of carbonyl (C=O) groups is 2. The SMILES string of the molecule is CC(C)(O)c1cccc(N2C(=O)c3ccccc3C2=O)c1. The average molecular weight is 281 g/mol. The Morgan fingerprint density at radius 2 is 1.48 bits per heavy atom. The van der Waals surface area contributed by atoms with Gasteiger partial charge in [0.25, 0.3) is 11.8 Å². The average Bonchev–Trinajstić information content (AvgIpc) is 2.71.